The van der Waals surface area contributed by atoms with E-state index in [4.69, 9.17) is 0 Å². The average molecular weight is 1270 g/mol. The highest BCUT2D eigenvalue weighted by atomic mass is 15.0. The monoisotopic (exact) mass is 1270 g/mol. The third-order valence-corrected chi connectivity index (χ3v) is 18.7. The van der Waals surface area contributed by atoms with Gasteiger partial charge in [0.25, 0.3) is 0 Å². The molecular weight excluding hydrogens is 1170 g/mol. The highest BCUT2D eigenvalue weighted by Crippen LogP contribution is 2.29. The number of nitrogens with zero attached hydrogens (tertiary/aromatic N) is 6. The first-order valence-corrected chi connectivity index (χ1v) is 33.7. The second kappa shape index (κ2) is 33.6. The summed E-state index contributed by atoms with van der Waals surface area (Å²) in [5.74, 6) is 0. The highest BCUT2D eigenvalue weighted by Gasteiger charge is 2.21. The number of aromatic nitrogens is 6. The predicted octanol–water partition coefficient (Wildman–Crippen LogP) is 18.6. The molecule has 6 nitrogen and oxygen atoms in total. The summed E-state index contributed by atoms with van der Waals surface area (Å²) < 4.78 is 13.3. The molecule has 492 valence electrons. The molecule has 0 aliphatic carbocycles. The summed E-state index contributed by atoms with van der Waals surface area (Å²) in [6.07, 6.45) is 8.54. The lowest BCUT2D eigenvalue weighted by Crippen LogP contribution is -2.34. The van der Waals surface area contributed by atoms with Gasteiger partial charge < -0.3 is 0 Å². The molecule has 6 heteroatoms. The molecule has 0 aliphatic heterocycles. The number of pyridine rings is 6. The Morgan fingerprint density at radius 1 is 0.219 bits per heavy atom. The Hall–Kier alpha value is -9.78. The van der Waals surface area contributed by atoms with Crippen LogP contribution in [-0.4, -0.2) is 0 Å². The van der Waals surface area contributed by atoms with Gasteiger partial charge in [-0.15, -0.1) is 0 Å². The molecule has 0 aliphatic rings. The van der Waals surface area contributed by atoms with Crippen molar-refractivity contribution in [3.8, 4) is 67.5 Å². The molecule has 12 aromatic rings. The molecule has 0 amide bonds. The Labute approximate surface area is 577 Å². The predicted molar refractivity (Wildman–Crippen MR) is 404 cm³/mol. The Kier molecular flexibility index (Phi) is 25.7. The molecule has 0 saturated heterocycles. The smallest absolute Gasteiger partial charge is 0.201 e. The molecule has 0 N–H and O–H groups in total. The third-order valence-electron chi connectivity index (χ3n) is 18.7. The summed E-state index contributed by atoms with van der Waals surface area (Å²) in [7, 11) is 12.7. The molecule has 96 heavy (non-hydrogen) atoms. The van der Waals surface area contributed by atoms with Crippen molar-refractivity contribution in [3.05, 3.63) is 319 Å². The standard InChI is InChI=1S/6C15H18N/c1-11-5-7-14(13(3)9-11)15-8-6-12(2)10-16(15)4;1-11-8-9-16(4)14(10-11)15-12(2)6-5-7-13(15)3;2*1-11-9-13(3)16(4)15(10-11)14-8-6-5-7-12(14)2;2*1-11-9-10-16(4)15(13(11)3)14-8-6-5-7-12(14)2/h6*5-10H,1-4H3/q6*+1. The van der Waals surface area contributed by atoms with Crippen LogP contribution in [0.1, 0.15) is 100 Å². The summed E-state index contributed by atoms with van der Waals surface area (Å²) in [6.45, 7) is 38.8. The van der Waals surface area contributed by atoms with E-state index in [9.17, 15) is 0 Å². The van der Waals surface area contributed by atoms with Crippen LogP contribution in [0.15, 0.2) is 219 Å². The number of hydrogen-bond donors (Lipinski definition) is 0. The number of benzene rings is 6. The topological polar surface area (TPSA) is 23.3 Å². The van der Waals surface area contributed by atoms with Crippen LogP contribution in [0.5, 0.6) is 0 Å². The summed E-state index contributed by atoms with van der Waals surface area (Å²) in [5.41, 5.74) is 39.5. The molecular formula is C90H108N6+6. The quantitative estimate of drug-likeness (QED) is 0.148. The number of aryl methyl sites for hydroxylation is 20. The number of rotatable bonds is 6. The minimum atomic E-state index is 1.27. The normalized spacial score (nSPS) is 10.5. The molecule has 0 unspecified atom stereocenters. The molecule has 0 spiro atoms. The van der Waals surface area contributed by atoms with E-state index in [-0.39, 0.29) is 0 Å². The van der Waals surface area contributed by atoms with E-state index in [1.165, 1.54) is 168 Å². The SMILES string of the molecule is Cc1cc(C)[n+](C)c(-c2ccccc2C)c1.Cc1cc(C)[n+](C)c(-c2ccccc2C)c1.Cc1cc[n+](C)c(-c2c(C)cccc2C)c1.Cc1ccc(-c2ccc(C)c[n+]2C)c(C)c1.Cc1ccccc1-c1c(C)c(C)cc[n+]1C.Cc1ccccc1-c1c(C)c(C)cc[n+]1C. The van der Waals surface area contributed by atoms with E-state index in [0.717, 1.165) is 0 Å². The van der Waals surface area contributed by atoms with E-state index in [2.05, 4.69) is 413 Å². The second-order valence-corrected chi connectivity index (χ2v) is 26.7. The van der Waals surface area contributed by atoms with E-state index >= 15 is 0 Å². The van der Waals surface area contributed by atoms with Crippen LogP contribution in [0.25, 0.3) is 67.5 Å². The van der Waals surface area contributed by atoms with Crippen molar-refractivity contribution in [3.63, 3.8) is 0 Å². The van der Waals surface area contributed by atoms with Crippen LogP contribution in [0, 0.1) is 125 Å². The van der Waals surface area contributed by atoms with Gasteiger partial charge in [0.15, 0.2) is 36.2 Å². The molecule has 0 saturated carbocycles. The molecule has 6 aromatic heterocycles. The van der Waals surface area contributed by atoms with Crippen LogP contribution in [-0.2, 0) is 42.3 Å². The van der Waals surface area contributed by atoms with Crippen LogP contribution in [0.4, 0.5) is 0 Å². The fourth-order valence-corrected chi connectivity index (χ4v) is 12.7. The zero-order valence-electron chi connectivity index (χ0n) is 62.5. The summed E-state index contributed by atoms with van der Waals surface area (Å²) in [5, 5.41) is 0. The van der Waals surface area contributed by atoms with E-state index in [1.54, 1.807) is 0 Å². The molecule has 0 atom stereocenters. The average Bonchev–Trinajstić information content (AvgIpc) is 0.852. The zero-order valence-corrected chi connectivity index (χ0v) is 62.5. The second-order valence-electron chi connectivity index (χ2n) is 26.7. The number of hydrogen-bond acceptors (Lipinski definition) is 0. The van der Waals surface area contributed by atoms with Gasteiger partial charge in [-0.25, -0.2) is 18.3 Å². The van der Waals surface area contributed by atoms with Crippen molar-refractivity contribution < 1.29 is 27.4 Å². The zero-order chi connectivity index (χ0) is 70.2. The van der Waals surface area contributed by atoms with E-state index in [0.29, 0.717) is 0 Å². The lowest BCUT2D eigenvalue weighted by molar-refractivity contribution is -0.666. The maximum atomic E-state index is 2.25. The minimum Gasteiger partial charge on any atom is -0.201 e. The first kappa shape index (κ1) is 73.6. The summed E-state index contributed by atoms with van der Waals surface area (Å²) in [4.78, 5) is 0. The first-order chi connectivity index (χ1) is 45.6. The lowest BCUT2D eigenvalue weighted by atomic mass is 9.98. The maximum Gasteiger partial charge on any atom is 0.215 e. The summed E-state index contributed by atoms with van der Waals surface area (Å²) in [6, 6.07) is 69.2. The Morgan fingerprint density at radius 3 is 0.979 bits per heavy atom. The van der Waals surface area contributed by atoms with Gasteiger partial charge in [-0.1, -0.05) is 109 Å². The van der Waals surface area contributed by atoms with Gasteiger partial charge in [0.2, 0.25) is 34.2 Å². The molecule has 6 aromatic carbocycles. The fraction of sp³-hybridized carbons (Fsp3) is 0.267. The third kappa shape index (κ3) is 18.6. The molecule has 0 radical (unpaired) electrons. The van der Waals surface area contributed by atoms with E-state index in [1.807, 2.05) is 0 Å². The molecule has 0 bridgehead atoms. The van der Waals surface area contributed by atoms with Crippen LogP contribution >= 0.6 is 0 Å². The summed E-state index contributed by atoms with van der Waals surface area (Å²) >= 11 is 0. The minimum absolute atomic E-state index is 1.27. The van der Waals surface area contributed by atoms with Crippen LogP contribution in [0.3, 0.4) is 0 Å². The Morgan fingerprint density at radius 2 is 0.573 bits per heavy atom. The van der Waals surface area contributed by atoms with Gasteiger partial charge in [-0.2, -0.15) is 9.13 Å². The van der Waals surface area contributed by atoms with Crippen molar-refractivity contribution in [2.24, 2.45) is 42.3 Å². The first-order valence-electron chi connectivity index (χ1n) is 33.7. The van der Waals surface area contributed by atoms with Crippen LogP contribution < -0.4 is 27.4 Å². The van der Waals surface area contributed by atoms with Crippen LogP contribution in [0.2, 0.25) is 0 Å². The van der Waals surface area contributed by atoms with Gasteiger partial charge in [0.05, 0.1) is 5.56 Å². The lowest BCUT2D eigenvalue weighted by Gasteiger charge is -2.08. The van der Waals surface area contributed by atoms with Crippen molar-refractivity contribution in [2.45, 2.75) is 125 Å². The van der Waals surface area contributed by atoms with Crippen molar-refractivity contribution in [1.82, 2.24) is 0 Å². The molecule has 6 heterocycles. The largest absolute Gasteiger partial charge is 0.215 e. The highest BCUT2D eigenvalue weighted by molar-refractivity contribution is 5.68. The van der Waals surface area contributed by atoms with Gasteiger partial charge in [-0.3, -0.25) is 0 Å². The van der Waals surface area contributed by atoms with Crippen molar-refractivity contribution in [2.75, 3.05) is 0 Å². The Bertz CT molecular complexity index is 4430. The van der Waals surface area contributed by atoms with Crippen molar-refractivity contribution >= 4 is 0 Å². The molecule has 0 fully saturated rings. The van der Waals surface area contributed by atoms with Gasteiger partial charge in [0.1, 0.15) is 42.3 Å². The fourth-order valence-electron chi connectivity index (χ4n) is 12.7. The Balaban J connectivity index is 0.000000163. The van der Waals surface area contributed by atoms with Crippen molar-refractivity contribution in [1.29, 1.82) is 0 Å². The maximum absolute atomic E-state index is 2.25. The van der Waals surface area contributed by atoms with Gasteiger partial charge in [-0.05, 0) is 214 Å². The van der Waals surface area contributed by atoms with E-state index < -0.39 is 0 Å². The van der Waals surface area contributed by atoms with Gasteiger partial charge >= 0.3 is 0 Å². The van der Waals surface area contributed by atoms with Gasteiger partial charge in [0, 0.05) is 113 Å². The molecule has 12 rings (SSSR count).